The standard InChI is InChI=1S/C20H17ClN2/c1-23(18-7-3-2-4-8-18)20-10-6-5-9-19(20)22-15-16-11-13-17(21)14-12-16/h2-15H,1H3. The number of benzene rings is 3. The topological polar surface area (TPSA) is 15.6 Å². The Hall–Kier alpha value is -2.58. The molecule has 0 heterocycles. The van der Waals surface area contributed by atoms with E-state index in [1.54, 1.807) is 0 Å². The number of anilines is 2. The van der Waals surface area contributed by atoms with Gasteiger partial charge < -0.3 is 4.90 Å². The minimum atomic E-state index is 0.728. The van der Waals surface area contributed by atoms with E-state index in [1.165, 1.54) is 0 Å². The van der Waals surface area contributed by atoms with E-state index < -0.39 is 0 Å². The summed E-state index contributed by atoms with van der Waals surface area (Å²) in [4.78, 5) is 6.78. The fourth-order valence-electron chi connectivity index (χ4n) is 2.34. The molecule has 0 spiro atoms. The molecule has 3 aromatic rings. The van der Waals surface area contributed by atoms with Gasteiger partial charge in [-0.25, -0.2) is 0 Å². The minimum absolute atomic E-state index is 0.728. The average molecular weight is 321 g/mol. The van der Waals surface area contributed by atoms with E-state index in [-0.39, 0.29) is 0 Å². The van der Waals surface area contributed by atoms with E-state index in [1.807, 2.05) is 73.9 Å². The van der Waals surface area contributed by atoms with Gasteiger partial charge in [-0.15, -0.1) is 0 Å². The molecule has 0 amide bonds. The van der Waals surface area contributed by atoms with E-state index in [0.717, 1.165) is 27.6 Å². The molecule has 0 saturated carbocycles. The van der Waals surface area contributed by atoms with Crippen molar-refractivity contribution >= 4 is 34.9 Å². The highest BCUT2D eigenvalue weighted by molar-refractivity contribution is 6.30. The summed E-state index contributed by atoms with van der Waals surface area (Å²) in [7, 11) is 2.05. The Morgan fingerprint density at radius 1 is 0.826 bits per heavy atom. The molecule has 3 heteroatoms. The fourth-order valence-corrected chi connectivity index (χ4v) is 2.47. The third-order valence-corrected chi connectivity index (χ3v) is 3.86. The monoisotopic (exact) mass is 320 g/mol. The minimum Gasteiger partial charge on any atom is -0.343 e. The molecule has 0 aliphatic carbocycles. The lowest BCUT2D eigenvalue weighted by Crippen LogP contribution is -2.09. The first-order valence-corrected chi connectivity index (χ1v) is 7.79. The van der Waals surface area contributed by atoms with Crippen molar-refractivity contribution in [1.29, 1.82) is 0 Å². The Kier molecular flexibility index (Phi) is 4.74. The molecule has 114 valence electrons. The molecule has 0 unspecified atom stereocenters. The fraction of sp³-hybridized carbons (Fsp3) is 0.0500. The Bertz CT molecular complexity index is 795. The van der Waals surface area contributed by atoms with Crippen molar-refractivity contribution in [3.8, 4) is 0 Å². The second-order valence-corrected chi connectivity index (χ2v) is 5.63. The molecule has 0 fully saturated rings. The van der Waals surface area contributed by atoms with Gasteiger partial charge in [0.1, 0.15) is 0 Å². The lowest BCUT2D eigenvalue weighted by atomic mass is 10.2. The van der Waals surface area contributed by atoms with Crippen molar-refractivity contribution in [2.75, 3.05) is 11.9 Å². The molecule has 0 atom stereocenters. The Morgan fingerprint density at radius 2 is 1.48 bits per heavy atom. The molecular formula is C20H17ClN2. The van der Waals surface area contributed by atoms with Crippen molar-refractivity contribution in [2.45, 2.75) is 0 Å². The van der Waals surface area contributed by atoms with Gasteiger partial charge in [-0.05, 0) is 42.0 Å². The van der Waals surface area contributed by atoms with Gasteiger partial charge in [-0.1, -0.05) is 54.1 Å². The molecular weight excluding hydrogens is 304 g/mol. The molecule has 0 aliphatic heterocycles. The van der Waals surface area contributed by atoms with Crippen LogP contribution in [0.25, 0.3) is 0 Å². The second kappa shape index (κ2) is 7.12. The first-order chi connectivity index (χ1) is 11.2. The lowest BCUT2D eigenvalue weighted by molar-refractivity contribution is 1.20. The first-order valence-electron chi connectivity index (χ1n) is 7.41. The zero-order chi connectivity index (χ0) is 16.1. The third-order valence-electron chi connectivity index (χ3n) is 3.61. The maximum atomic E-state index is 5.91. The smallest absolute Gasteiger partial charge is 0.0866 e. The van der Waals surface area contributed by atoms with Crippen LogP contribution in [0.1, 0.15) is 5.56 Å². The molecule has 0 radical (unpaired) electrons. The van der Waals surface area contributed by atoms with E-state index in [0.29, 0.717) is 0 Å². The van der Waals surface area contributed by atoms with Gasteiger partial charge in [-0.2, -0.15) is 0 Å². The predicted octanol–water partition coefficient (Wildman–Crippen LogP) is 5.86. The van der Waals surface area contributed by atoms with Crippen LogP contribution in [-0.4, -0.2) is 13.3 Å². The maximum absolute atomic E-state index is 5.91. The van der Waals surface area contributed by atoms with Gasteiger partial charge in [0.2, 0.25) is 0 Å². The highest BCUT2D eigenvalue weighted by atomic mass is 35.5. The molecule has 0 saturated heterocycles. The molecule has 2 nitrogen and oxygen atoms in total. The normalized spacial score (nSPS) is 10.9. The largest absolute Gasteiger partial charge is 0.343 e. The maximum Gasteiger partial charge on any atom is 0.0866 e. The van der Waals surface area contributed by atoms with Crippen LogP contribution in [-0.2, 0) is 0 Å². The zero-order valence-electron chi connectivity index (χ0n) is 12.9. The van der Waals surface area contributed by atoms with E-state index in [2.05, 4.69) is 28.1 Å². The quantitative estimate of drug-likeness (QED) is 0.550. The zero-order valence-corrected chi connectivity index (χ0v) is 13.6. The summed E-state index contributed by atoms with van der Waals surface area (Å²) in [5.74, 6) is 0. The van der Waals surface area contributed by atoms with E-state index >= 15 is 0 Å². The number of nitrogens with zero attached hydrogens (tertiary/aromatic N) is 2. The summed E-state index contributed by atoms with van der Waals surface area (Å²) < 4.78 is 0. The molecule has 23 heavy (non-hydrogen) atoms. The SMILES string of the molecule is CN(c1ccccc1)c1ccccc1N=Cc1ccc(Cl)cc1. The highest BCUT2D eigenvalue weighted by Crippen LogP contribution is 2.32. The molecule has 0 aliphatic rings. The number of hydrogen-bond donors (Lipinski definition) is 0. The first kappa shape index (κ1) is 15.3. The van der Waals surface area contributed by atoms with Crippen molar-refractivity contribution in [2.24, 2.45) is 4.99 Å². The van der Waals surface area contributed by atoms with Crippen LogP contribution < -0.4 is 4.90 Å². The second-order valence-electron chi connectivity index (χ2n) is 5.19. The van der Waals surface area contributed by atoms with Crippen molar-refractivity contribution in [3.05, 3.63) is 89.4 Å². The van der Waals surface area contributed by atoms with Crippen LogP contribution in [0.5, 0.6) is 0 Å². The number of halogens is 1. The number of rotatable bonds is 4. The highest BCUT2D eigenvalue weighted by Gasteiger charge is 2.07. The van der Waals surface area contributed by atoms with Crippen molar-refractivity contribution < 1.29 is 0 Å². The van der Waals surface area contributed by atoms with Crippen LogP contribution in [0.2, 0.25) is 5.02 Å². The molecule has 3 aromatic carbocycles. The van der Waals surface area contributed by atoms with Gasteiger partial charge in [0, 0.05) is 24.0 Å². The Balaban J connectivity index is 1.90. The summed E-state index contributed by atoms with van der Waals surface area (Å²) in [5, 5.41) is 0.728. The number of para-hydroxylation sites is 3. The summed E-state index contributed by atoms with van der Waals surface area (Å²) in [6, 6.07) is 26.0. The van der Waals surface area contributed by atoms with Gasteiger partial charge in [-0.3, -0.25) is 4.99 Å². The van der Waals surface area contributed by atoms with E-state index in [4.69, 9.17) is 11.6 Å². The third kappa shape index (κ3) is 3.79. The number of hydrogen-bond acceptors (Lipinski definition) is 2. The van der Waals surface area contributed by atoms with Crippen LogP contribution in [0.4, 0.5) is 17.1 Å². The summed E-state index contributed by atoms with van der Waals surface area (Å²) in [5.41, 5.74) is 4.13. The predicted molar refractivity (Wildman–Crippen MR) is 99.7 cm³/mol. The lowest BCUT2D eigenvalue weighted by Gasteiger charge is -2.21. The number of aliphatic imine (C=N–C) groups is 1. The van der Waals surface area contributed by atoms with Crippen molar-refractivity contribution in [1.82, 2.24) is 0 Å². The average Bonchev–Trinajstić information content (AvgIpc) is 2.62. The van der Waals surface area contributed by atoms with Gasteiger partial charge >= 0.3 is 0 Å². The molecule has 0 aromatic heterocycles. The van der Waals surface area contributed by atoms with Crippen LogP contribution >= 0.6 is 11.6 Å². The Morgan fingerprint density at radius 3 is 2.22 bits per heavy atom. The van der Waals surface area contributed by atoms with Gasteiger partial charge in [0.25, 0.3) is 0 Å². The molecule has 0 N–H and O–H groups in total. The van der Waals surface area contributed by atoms with E-state index in [9.17, 15) is 0 Å². The Labute approximate surface area is 141 Å². The van der Waals surface area contributed by atoms with Gasteiger partial charge in [0.15, 0.2) is 0 Å². The summed E-state index contributed by atoms with van der Waals surface area (Å²) >= 11 is 5.91. The van der Waals surface area contributed by atoms with Gasteiger partial charge in [0.05, 0.1) is 11.4 Å². The summed E-state index contributed by atoms with van der Waals surface area (Å²) in [6.07, 6.45) is 1.86. The van der Waals surface area contributed by atoms with Crippen molar-refractivity contribution in [3.63, 3.8) is 0 Å². The van der Waals surface area contributed by atoms with Crippen LogP contribution in [0, 0.1) is 0 Å². The molecule has 3 rings (SSSR count). The molecule has 0 bridgehead atoms. The summed E-state index contributed by atoms with van der Waals surface area (Å²) in [6.45, 7) is 0. The van der Waals surface area contributed by atoms with Crippen LogP contribution in [0.15, 0.2) is 83.9 Å². The van der Waals surface area contributed by atoms with Crippen LogP contribution in [0.3, 0.4) is 0 Å².